The number of halogens is 2. The molecule has 108 valence electrons. The van der Waals surface area contributed by atoms with Crippen molar-refractivity contribution in [3.63, 3.8) is 0 Å². The summed E-state index contributed by atoms with van der Waals surface area (Å²) in [5.74, 6) is 0. The zero-order valence-corrected chi connectivity index (χ0v) is 14.0. The Hall–Kier alpha value is -0.880. The van der Waals surface area contributed by atoms with Gasteiger partial charge in [0, 0.05) is 4.88 Å². The van der Waals surface area contributed by atoms with Gasteiger partial charge in [-0.05, 0) is 43.0 Å². The number of benzene rings is 1. The topological polar surface area (TPSA) is 37.8 Å². The van der Waals surface area contributed by atoms with Crippen molar-refractivity contribution >= 4 is 63.0 Å². The van der Waals surface area contributed by atoms with E-state index in [9.17, 15) is 0 Å². The first-order chi connectivity index (χ1) is 10.2. The molecular formula is C14H11Cl2N3S2. The van der Waals surface area contributed by atoms with Crippen molar-refractivity contribution in [2.45, 2.75) is 25.3 Å². The number of fused-ring (bicyclic) bond motifs is 2. The number of nitrogens with zero attached hydrogens (tertiary/aromatic N) is 2. The molecule has 0 fully saturated rings. The van der Waals surface area contributed by atoms with Crippen LogP contribution in [-0.4, -0.2) is 8.75 Å². The maximum atomic E-state index is 6.36. The van der Waals surface area contributed by atoms with Crippen molar-refractivity contribution in [1.82, 2.24) is 8.75 Å². The van der Waals surface area contributed by atoms with E-state index in [1.54, 1.807) is 11.3 Å². The minimum absolute atomic E-state index is 0.238. The molecule has 0 aliphatic heterocycles. The third kappa shape index (κ3) is 2.42. The second-order valence-corrected chi connectivity index (χ2v) is 7.78. The summed E-state index contributed by atoms with van der Waals surface area (Å²) in [6, 6.07) is 6.09. The molecule has 1 atom stereocenters. The van der Waals surface area contributed by atoms with Crippen LogP contribution < -0.4 is 5.32 Å². The van der Waals surface area contributed by atoms with Crippen LogP contribution in [0.3, 0.4) is 0 Å². The van der Waals surface area contributed by atoms with Crippen LogP contribution in [0.15, 0.2) is 18.2 Å². The van der Waals surface area contributed by atoms with E-state index in [0.29, 0.717) is 5.02 Å². The summed E-state index contributed by atoms with van der Waals surface area (Å²) < 4.78 is 9.50. The lowest BCUT2D eigenvalue weighted by Gasteiger charge is -2.25. The van der Waals surface area contributed by atoms with Crippen LogP contribution in [-0.2, 0) is 6.42 Å². The summed E-state index contributed by atoms with van der Waals surface area (Å²) in [5, 5.41) is 4.25. The molecule has 4 rings (SSSR count). The van der Waals surface area contributed by atoms with Gasteiger partial charge >= 0.3 is 0 Å². The van der Waals surface area contributed by atoms with Gasteiger partial charge in [-0.15, -0.1) is 11.3 Å². The zero-order chi connectivity index (χ0) is 14.4. The molecule has 0 bridgehead atoms. The zero-order valence-electron chi connectivity index (χ0n) is 10.9. The molecule has 0 amide bonds. The monoisotopic (exact) mass is 355 g/mol. The Balaban J connectivity index is 1.75. The van der Waals surface area contributed by atoms with E-state index >= 15 is 0 Å². The fraction of sp³-hybridized carbons (Fsp3) is 0.286. The van der Waals surface area contributed by atoms with Crippen molar-refractivity contribution in [2.75, 3.05) is 5.32 Å². The fourth-order valence-electron chi connectivity index (χ4n) is 2.81. The summed E-state index contributed by atoms with van der Waals surface area (Å²) in [7, 11) is 0. The normalized spacial score (nSPS) is 17.9. The van der Waals surface area contributed by atoms with E-state index in [2.05, 4.69) is 20.1 Å². The van der Waals surface area contributed by atoms with Crippen LogP contribution >= 0.6 is 46.3 Å². The minimum atomic E-state index is 0.238. The lowest BCUT2D eigenvalue weighted by molar-refractivity contribution is 0.609. The number of rotatable bonds is 2. The van der Waals surface area contributed by atoms with Crippen molar-refractivity contribution in [2.24, 2.45) is 0 Å². The molecule has 1 aliphatic carbocycles. The van der Waals surface area contributed by atoms with E-state index < -0.39 is 0 Å². The van der Waals surface area contributed by atoms with E-state index in [0.717, 1.165) is 40.3 Å². The van der Waals surface area contributed by atoms with Gasteiger partial charge in [0.15, 0.2) is 0 Å². The molecule has 1 unspecified atom stereocenters. The summed E-state index contributed by atoms with van der Waals surface area (Å²) in [6.45, 7) is 0. The van der Waals surface area contributed by atoms with Crippen molar-refractivity contribution in [1.29, 1.82) is 0 Å². The van der Waals surface area contributed by atoms with Gasteiger partial charge in [-0.1, -0.05) is 23.2 Å². The van der Waals surface area contributed by atoms with Crippen LogP contribution in [0.4, 0.5) is 5.69 Å². The molecular weight excluding hydrogens is 345 g/mol. The molecule has 3 aromatic rings. The second-order valence-electron chi connectivity index (χ2n) is 5.07. The van der Waals surface area contributed by atoms with Crippen molar-refractivity contribution < 1.29 is 0 Å². The van der Waals surface area contributed by atoms with Crippen LogP contribution in [0.25, 0.3) is 11.0 Å². The van der Waals surface area contributed by atoms with Crippen LogP contribution in [0.5, 0.6) is 0 Å². The van der Waals surface area contributed by atoms with Crippen LogP contribution in [0, 0.1) is 0 Å². The largest absolute Gasteiger partial charge is 0.375 e. The Morgan fingerprint density at radius 3 is 3.05 bits per heavy atom. The summed E-state index contributed by atoms with van der Waals surface area (Å²) in [5.41, 5.74) is 3.91. The minimum Gasteiger partial charge on any atom is -0.375 e. The van der Waals surface area contributed by atoms with E-state index in [1.807, 2.05) is 12.1 Å². The third-order valence-corrected chi connectivity index (χ3v) is 5.98. The predicted octanol–water partition coefficient (Wildman–Crippen LogP) is 5.55. The first-order valence-electron chi connectivity index (χ1n) is 6.68. The number of aromatic nitrogens is 2. The van der Waals surface area contributed by atoms with Gasteiger partial charge in [-0.25, -0.2) is 0 Å². The van der Waals surface area contributed by atoms with E-state index in [1.165, 1.54) is 22.2 Å². The van der Waals surface area contributed by atoms with Crippen molar-refractivity contribution in [3.05, 3.63) is 38.0 Å². The highest BCUT2D eigenvalue weighted by atomic mass is 35.5. The average molecular weight is 356 g/mol. The summed E-state index contributed by atoms with van der Waals surface area (Å²) in [4.78, 5) is 1.38. The molecule has 7 heteroatoms. The van der Waals surface area contributed by atoms with Crippen LogP contribution in [0.1, 0.15) is 29.3 Å². The highest BCUT2D eigenvalue weighted by Gasteiger charge is 2.24. The Kier molecular flexibility index (Phi) is 3.53. The Morgan fingerprint density at radius 1 is 1.24 bits per heavy atom. The molecule has 0 saturated carbocycles. The number of anilines is 1. The fourth-order valence-corrected chi connectivity index (χ4v) is 4.94. The highest BCUT2D eigenvalue weighted by Crippen LogP contribution is 2.41. The van der Waals surface area contributed by atoms with Gasteiger partial charge in [-0.2, -0.15) is 8.75 Å². The number of aryl methyl sites for hydroxylation is 1. The number of hydrogen-bond acceptors (Lipinski definition) is 5. The summed E-state index contributed by atoms with van der Waals surface area (Å²) in [6.07, 6.45) is 3.34. The van der Waals surface area contributed by atoms with Gasteiger partial charge in [-0.3, -0.25) is 0 Å². The van der Waals surface area contributed by atoms with E-state index in [4.69, 9.17) is 23.2 Å². The Labute approximate surface area is 140 Å². The summed E-state index contributed by atoms with van der Waals surface area (Å²) >= 11 is 15.4. The SMILES string of the molecule is Clc1cc2c(s1)CCCC2Nc1c(Cl)ccc2nsnc12. The number of nitrogens with one attached hydrogen (secondary N) is 1. The Morgan fingerprint density at radius 2 is 2.14 bits per heavy atom. The number of hydrogen-bond donors (Lipinski definition) is 1. The quantitative estimate of drug-likeness (QED) is 0.654. The molecule has 0 spiro atoms. The van der Waals surface area contributed by atoms with Gasteiger partial charge in [0.2, 0.25) is 0 Å². The average Bonchev–Trinajstić information content (AvgIpc) is 3.07. The molecule has 1 N–H and O–H groups in total. The van der Waals surface area contributed by atoms with Gasteiger partial charge in [0.1, 0.15) is 11.0 Å². The molecule has 2 heterocycles. The first kappa shape index (κ1) is 13.8. The lowest BCUT2D eigenvalue weighted by Crippen LogP contribution is -2.16. The molecule has 21 heavy (non-hydrogen) atoms. The molecule has 2 aromatic heterocycles. The molecule has 1 aromatic carbocycles. The van der Waals surface area contributed by atoms with Crippen molar-refractivity contribution in [3.8, 4) is 0 Å². The predicted molar refractivity (Wildman–Crippen MR) is 91.1 cm³/mol. The lowest BCUT2D eigenvalue weighted by atomic mass is 9.94. The number of thiophene rings is 1. The standard InChI is InChI=1S/C14H11Cl2N3S2/c15-8-4-5-10-14(19-21-18-10)13(8)17-9-2-1-3-11-7(9)6-12(16)20-11/h4-6,9,17H,1-3H2. The maximum Gasteiger partial charge on any atom is 0.129 e. The van der Waals surface area contributed by atoms with Gasteiger partial charge in [0.05, 0.1) is 32.8 Å². The maximum absolute atomic E-state index is 6.36. The smallest absolute Gasteiger partial charge is 0.129 e. The molecule has 3 nitrogen and oxygen atoms in total. The third-order valence-electron chi connectivity index (χ3n) is 3.78. The van der Waals surface area contributed by atoms with E-state index in [-0.39, 0.29) is 6.04 Å². The first-order valence-corrected chi connectivity index (χ1v) is 8.98. The van der Waals surface area contributed by atoms with Gasteiger partial charge in [0.25, 0.3) is 0 Å². The molecule has 1 aliphatic rings. The second kappa shape index (κ2) is 5.39. The van der Waals surface area contributed by atoms with Crippen LogP contribution in [0.2, 0.25) is 9.36 Å². The Bertz CT molecular complexity index is 812. The highest BCUT2D eigenvalue weighted by molar-refractivity contribution is 7.16. The van der Waals surface area contributed by atoms with Gasteiger partial charge < -0.3 is 5.32 Å². The molecule has 0 saturated heterocycles. The molecule has 0 radical (unpaired) electrons.